The van der Waals surface area contributed by atoms with Gasteiger partial charge in [-0.25, -0.2) is 4.98 Å². The standard InChI is InChI=1S/C12H17N3S2/c1-8-5-13-11(17-8)6-14-12-15-10-4-2-3-9(10)7-16-12/h5,9-10H,2-4,6-7H2,1H3,(H,14,15). The molecule has 0 aromatic carbocycles. The molecule has 92 valence electrons. The summed E-state index contributed by atoms with van der Waals surface area (Å²) in [5.41, 5.74) is 0. The molecule has 5 heteroatoms. The Balaban J connectivity index is 1.61. The van der Waals surface area contributed by atoms with E-state index in [1.807, 2.05) is 18.0 Å². The Bertz CT molecular complexity index is 427. The van der Waals surface area contributed by atoms with Gasteiger partial charge in [-0.2, -0.15) is 0 Å². The van der Waals surface area contributed by atoms with E-state index in [1.165, 1.54) is 29.9 Å². The molecule has 2 atom stereocenters. The first-order valence-corrected chi connectivity index (χ1v) is 7.96. The molecular formula is C12H17N3S2. The number of fused-ring (bicyclic) bond motifs is 1. The van der Waals surface area contributed by atoms with E-state index in [-0.39, 0.29) is 0 Å². The van der Waals surface area contributed by atoms with Crippen LogP contribution in [0.4, 0.5) is 0 Å². The van der Waals surface area contributed by atoms with Crippen molar-refractivity contribution in [3.63, 3.8) is 0 Å². The van der Waals surface area contributed by atoms with Crippen LogP contribution in [0.5, 0.6) is 0 Å². The van der Waals surface area contributed by atoms with E-state index < -0.39 is 0 Å². The zero-order valence-electron chi connectivity index (χ0n) is 9.98. The summed E-state index contributed by atoms with van der Waals surface area (Å²) in [6.45, 7) is 2.82. The quantitative estimate of drug-likeness (QED) is 0.895. The number of nitrogens with one attached hydrogen (secondary N) is 1. The third-order valence-corrected chi connectivity index (χ3v) is 5.44. The van der Waals surface area contributed by atoms with Gasteiger partial charge >= 0.3 is 0 Å². The number of thiazole rings is 1. The van der Waals surface area contributed by atoms with Crippen LogP contribution in [-0.2, 0) is 6.54 Å². The smallest absolute Gasteiger partial charge is 0.157 e. The molecule has 0 radical (unpaired) electrons. The van der Waals surface area contributed by atoms with Crippen molar-refractivity contribution >= 4 is 28.3 Å². The monoisotopic (exact) mass is 267 g/mol. The second-order valence-electron chi connectivity index (χ2n) is 4.74. The van der Waals surface area contributed by atoms with Crippen LogP contribution in [0.25, 0.3) is 0 Å². The molecule has 2 heterocycles. The first-order valence-electron chi connectivity index (χ1n) is 6.16. The number of aryl methyl sites for hydroxylation is 1. The van der Waals surface area contributed by atoms with Crippen molar-refractivity contribution in [1.82, 2.24) is 10.3 Å². The van der Waals surface area contributed by atoms with Gasteiger partial charge in [-0.05, 0) is 25.7 Å². The normalized spacial score (nSPS) is 30.3. The first-order chi connectivity index (χ1) is 8.31. The molecule has 2 fully saturated rings. The largest absolute Gasteiger partial charge is 0.362 e. The van der Waals surface area contributed by atoms with Gasteiger partial charge in [-0.15, -0.1) is 11.3 Å². The number of hydrogen-bond acceptors (Lipinski definition) is 4. The highest BCUT2D eigenvalue weighted by atomic mass is 32.2. The molecule has 3 rings (SSSR count). The predicted octanol–water partition coefficient (Wildman–Crippen LogP) is 2.81. The van der Waals surface area contributed by atoms with E-state index in [0.29, 0.717) is 6.04 Å². The van der Waals surface area contributed by atoms with Crippen LogP contribution in [-0.4, -0.2) is 21.9 Å². The molecule has 0 spiro atoms. The van der Waals surface area contributed by atoms with Crippen molar-refractivity contribution in [2.75, 3.05) is 5.75 Å². The van der Waals surface area contributed by atoms with Crippen LogP contribution in [0.2, 0.25) is 0 Å². The van der Waals surface area contributed by atoms with Crippen LogP contribution in [0, 0.1) is 12.8 Å². The number of thioether (sulfide) groups is 1. The fourth-order valence-corrected chi connectivity index (χ4v) is 4.39. The molecule has 1 aliphatic heterocycles. The number of amidine groups is 1. The molecular weight excluding hydrogens is 250 g/mol. The molecule has 0 bridgehead atoms. The highest BCUT2D eigenvalue weighted by Crippen LogP contribution is 2.32. The van der Waals surface area contributed by atoms with Gasteiger partial charge in [0.25, 0.3) is 0 Å². The van der Waals surface area contributed by atoms with Crippen molar-refractivity contribution in [3.8, 4) is 0 Å². The second kappa shape index (κ2) is 4.98. The number of nitrogens with zero attached hydrogens (tertiary/aromatic N) is 2. The van der Waals surface area contributed by atoms with Gasteiger partial charge < -0.3 is 5.32 Å². The second-order valence-corrected chi connectivity index (χ2v) is 7.07. The van der Waals surface area contributed by atoms with Crippen molar-refractivity contribution in [2.24, 2.45) is 10.9 Å². The van der Waals surface area contributed by atoms with E-state index in [0.717, 1.165) is 22.6 Å². The molecule has 2 aliphatic rings. The summed E-state index contributed by atoms with van der Waals surface area (Å²) >= 11 is 3.62. The molecule has 1 saturated carbocycles. The summed E-state index contributed by atoms with van der Waals surface area (Å²) < 4.78 is 0. The zero-order valence-corrected chi connectivity index (χ0v) is 11.6. The van der Waals surface area contributed by atoms with E-state index in [4.69, 9.17) is 0 Å². The van der Waals surface area contributed by atoms with Crippen molar-refractivity contribution in [3.05, 3.63) is 16.1 Å². The van der Waals surface area contributed by atoms with Crippen LogP contribution in [0.15, 0.2) is 11.2 Å². The number of aliphatic imine (C=N–C) groups is 1. The maximum atomic E-state index is 4.64. The van der Waals surface area contributed by atoms with Gasteiger partial charge in [0.05, 0.1) is 6.54 Å². The third kappa shape index (κ3) is 2.65. The first kappa shape index (κ1) is 11.5. The van der Waals surface area contributed by atoms with Crippen molar-refractivity contribution in [1.29, 1.82) is 0 Å². The molecule has 3 nitrogen and oxygen atoms in total. The van der Waals surface area contributed by atoms with Crippen LogP contribution in [0.3, 0.4) is 0 Å². The lowest BCUT2D eigenvalue weighted by atomic mass is 10.1. The minimum Gasteiger partial charge on any atom is -0.362 e. The zero-order chi connectivity index (χ0) is 11.7. The number of aromatic nitrogens is 1. The average Bonchev–Trinajstić information content (AvgIpc) is 2.94. The Labute approximate surface area is 110 Å². The molecule has 1 aromatic rings. The molecule has 0 amide bonds. The average molecular weight is 267 g/mol. The van der Waals surface area contributed by atoms with Gasteiger partial charge in [0, 0.05) is 22.9 Å². The van der Waals surface area contributed by atoms with Gasteiger partial charge in [0.15, 0.2) is 5.17 Å². The third-order valence-electron chi connectivity index (χ3n) is 3.43. The summed E-state index contributed by atoms with van der Waals surface area (Å²) in [6.07, 6.45) is 6.01. The van der Waals surface area contributed by atoms with Crippen molar-refractivity contribution < 1.29 is 0 Å². The lowest BCUT2D eigenvalue weighted by molar-refractivity contribution is 0.489. The Morgan fingerprint density at radius 2 is 2.47 bits per heavy atom. The predicted molar refractivity (Wildman–Crippen MR) is 74.7 cm³/mol. The molecule has 17 heavy (non-hydrogen) atoms. The summed E-state index contributed by atoms with van der Waals surface area (Å²) in [4.78, 5) is 10.2. The van der Waals surface area contributed by atoms with Gasteiger partial charge in [-0.1, -0.05) is 18.2 Å². The highest BCUT2D eigenvalue weighted by Gasteiger charge is 2.31. The lowest BCUT2D eigenvalue weighted by Gasteiger charge is -2.27. The fourth-order valence-electron chi connectivity index (χ4n) is 2.52. The van der Waals surface area contributed by atoms with Crippen LogP contribution in [0.1, 0.15) is 29.1 Å². The summed E-state index contributed by atoms with van der Waals surface area (Å²) in [5, 5.41) is 5.82. The van der Waals surface area contributed by atoms with Gasteiger partial charge in [0.2, 0.25) is 0 Å². The topological polar surface area (TPSA) is 37.3 Å². The molecule has 1 saturated heterocycles. The fraction of sp³-hybridized carbons (Fsp3) is 0.667. The Kier molecular flexibility index (Phi) is 3.38. The maximum absolute atomic E-state index is 4.64. The summed E-state index contributed by atoms with van der Waals surface area (Å²) in [7, 11) is 0. The minimum absolute atomic E-state index is 0.688. The summed E-state index contributed by atoms with van der Waals surface area (Å²) in [5.74, 6) is 2.12. The van der Waals surface area contributed by atoms with Gasteiger partial charge in [-0.3, -0.25) is 4.99 Å². The maximum Gasteiger partial charge on any atom is 0.157 e. The van der Waals surface area contributed by atoms with E-state index in [1.54, 1.807) is 11.3 Å². The number of rotatable bonds is 2. The van der Waals surface area contributed by atoms with Crippen molar-refractivity contribution in [2.45, 2.75) is 38.8 Å². The minimum atomic E-state index is 0.688. The Morgan fingerprint density at radius 1 is 1.53 bits per heavy atom. The van der Waals surface area contributed by atoms with Crippen LogP contribution >= 0.6 is 23.1 Å². The SMILES string of the molecule is Cc1cnc(CN=C2NC3CCCC3CS2)s1. The van der Waals surface area contributed by atoms with E-state index >= 15 is 0 Å². The number of hydrogen-bond donors (Lipinski definition) is 1. The van der Waals surface area contributed by atoms with Crippen LogP contribution < -0.4 is 5.32 Å². The molecule has 1 aliphatic carbocycles. The van der Waals surface area contributed by atoms with E-state index in [2.05, 4.69) is 22.2 Å². The molecule has 2 unspecified atom stereocenters. The molecule has 1 aromatic heterocycles. The molecule has 1 N–H and O–H groups in total. The van der Waals surface area contributed by atoms with Gasteiger partial charge in [0.1, 0.15) is 5.01 Å². The van der Waals surface area contributed by atoms with E-state index in [9.17, 15) is 0 Å². The highest BCUT2D eigenvalue weighted by molar-refractivity contribution is 8.13. The lowest BCUT2D eigenvalue weighted by Crippen LogP contribution is -2.41. The Hall–Kier alpha value is -0.550. The Morgan fingerprint density at radius 3 is 3.29 bits per heavy atom. The summed E-state index contributed by atoms with van der Waals surface area (Å²) in [6, 6.07) is 0.688.